The van der Waals surface area contributed by atoms with Gasteiger partial charge in [0.1, 0.15) is 0 Å². The number of aromatic carboxylic acids is 1. The molecule has 8 N–H and O–H groups in total. The molecule has 0 saturated heterocycles. The third kappa shape index (κ3) is 23.9. The number of nitrogens with two attached hydrogens (primary N) is 1. The summed E-state index contributed by atoms with van der Waals surface area (Å²) in [5.41, 5.74) is 2.94. The van der Waals surface area contributed by atoms with E-state index >= 15 is 0 Å². The molecule has 5 rings (SSSR count). The summed E-state index contributed by atoms with van der Waals surface area (Å²) in [5, 5.41) is 19.5. The second-order valence-corrected chi connectivity index (χ2v) is 23.1. The highest BCUT2D eigenvalue weighted by molar-refractivity contribution is 7.86. The van der Waals surface area contributed by atoms with Gasteiger partial charge < -0.3 is 59.0 Å². The van der Waals surface area contributed by atoms with Crippen LogP contribution in [0.3, 0.4) is 0 Å². The van der Waals surface area contributed by atoms with Crippen LogP contribution in [0.1, 0.15) is 89.5 Å². The van der Waals surface area contributed by atoms with Crippen molar-refractivity contribution in [1.29, 1.82) is 5.41 Å². The van der Waals surface area contributed by atoms with E-state index in [9.17, 15) is 53.8 Å². The lowest BCUT2D eigenvalue weighted by Crippen LogP contribution is -2.29. The Kier molecular flexibility index (Phi) is 34.0. The number of fused-ring (bicyclic) bond motifs is 2. The molecule has 0 bridgehead atoms. The van der Waals surface area contributed by atoms with Crippen molar-refractivity contribution in [2.45, 2.75) is 83.4 Å². The number of carboxylic acids is 1. The summed E-state index contributed by atoms with van der Waals surface area (Å²) in [6.45, 7) is 31.1. The molecular weight excluding hydrogens is 1230 g/mol. The third-order valence-electron chi connectivity index (χ3n) is 12.9. The molecule has 0 aromatic heterocycles. The monoisotopic (exact) mass is 1310 g/mol. The van der Waals surface area contributed by atoms with Gasteiger partial charge in [0.15, 0.2) is 26.9 Å². The van der Waals surface area contributed by atoms with Crippen LogP contribution in [0.25, 0.3) is 33.4 Å². The first-order chi connectivity index (χ1) is 40.6. The van der Waals surface area contributed by atoms with Crippen molar-refractivity contribution >= 4 is 88.1 Å². The van der Waals surface area contributed by atoms with Gasteiger partial charge in [-0.2, -0.15) is 25.3 Å². The molecule has 30 heteroatoms. The van der Waals surface area contributed by atoms with E-state index in [1.807, 2.05) is 0 Å². The number of carbonyl (C=O) groups excluding carboxylic acids is 2. The number of halogens is 2. The molecule has 0 fully saturated rings. The Labute approximate surface area is 514 Å². The van der Waals surface area contributed by atoms with Gasteiger partial charge in [-0.15, -0.1) is 0 Å². The topological polar surface area (TPSA) is 365 Å². The Morgan fingerprint density at radius 1 is 0.605 bits per heavy atom. The minimum absolute atomic E-state index is 0.0257. The average molecular weight is 1310 g/mol. The van der Waals surface area contributed by atoms with Gasteiger partial charge in [-0.1, -0.05) is 97.6 Å². The number of esters is 1. The smallest absolute Gasteiger partial charge is 0.337 e. The van der Waals surface area contributed by atoms with Crippen LogP contribution in [-0.2, 0) is 54.1 Å². The van der Waals surface area contributed by atoms with Crippen LogP contribution in [-0.4, -0.2) is 195 Å². The number of amides is 1. The van der Waals surface area contributed by atoms with E-state index in [1.165, 1.54) is 89.2 Å². The molecule has 25 nitrogen and oxygen atoms in total. The first-order valence-electron chi connectivity index (χ1n) is 27.7. The van der Waals surface area contributed by atoms with Crippen molar-refractivity contribution in [2.24, 2.45) is 0 Å². The predicted octanol–water partition coefficient (Wildman–Crippen LogP) is 7.85. The second-order valence-electron chi connectivity index (χ2n) is 18.1. The zero-order chi connectivity index (χ0) is 65.0. The molecule has 3 aromatic carbocycles. The van der Waals surface area contributed by atoms with Crippen LogP contribution >= 0.6 is 23.2 Å². The van der Waals surface area contributed by atoms with Gasteiger partial charge in [-0.05, 0) is 107 Å². The maximum absolute atomic E-state index is 13.4. The molecule has 0 spiro atoms. The van der Waals surface area contributed by atoms with Crippen LogP contribution in [0.5, 0.6) is 5.75 Å². The lowest BCUT2D eigenvalue weighted by atomic mass is 9.88. The molecule has 86 heavy (non-hydrogen) atoms. The minimum Gasteiger partial charge on any atom is -0.478 e. The maximum Gasteiger partial charge on any atom is 0.337 e. The highest BCUT2D eigenvalue weighted by Gasteiger charge is 2.33. The molecule has 3 aromatic rings. The Bertz CT molecular complexity index is 3290. The first-order valence-corrected chi connectivity index (χ1v) is 32.8. The Balaban J connectivity index is 0.00000102. The van der Waals surface area contributed by atoms with E-state index in [0.29, 0.717) is 0 Å². The number of carbonyl (C=O) groups is 3. The Morgan fingerprint density at radius 2 is 1.06 bits per heavy atom. The average Bonchev–Trinajstić information content (AvgIpc) is 0.757. The summed E-state index contributed by atoms with van der Waals surface area (Å²) >= 11 is 11.8. The van der Waals surface area contributed by atoms with Crippen molar-refractivity contribution in [3.8, 4) is 28.2 Å². The number of benzene rings is 4. The number of carboxylic acid groups (broad SMARTS) is 1. The molecule has 0 unspecified atom stereocenters. The number of nitrogen functional groups attached to an aromatic ring is 1. The fourth-order valence-electron chi connectivity index (χ4n) is 8.19. The number of hydrogen-bond acceptors (Lipinski definition) is 20. The molecule has 482 valence electrons. The Hall–Kier alpha value is -5.41. The summed E-state index contributed by atoms with van der Waals surface area (Å²) in [4.78, 5) is 42.8. The van der Waals surface area contributed by atoms with E-state index < -0.39 is 90.8 Å². The van der Waals surface area contributed by atoms with Crippen molar-refractivity contribution in [1.82, 2.24) is 20.0 Å². The first kappa shape index (κ1) is 76.7. The van der Waals surface area contributed by atoms with E-state index in [-0.39, 0.29) is 109 Å². The summed E-state index contributed by atoms with van der Waals surface area (Å²) in [7, 11) is -15.0. The molecule has 0 saturated carbocycles. The van der Waals surface area contributed by atoms with Crippen molar-refractivity contribution in [2.75, 3.05) is 124 Å². The van der Waals surface area contributed by atoms with Crippen LogP contribution in [0.2, 0.25) is 10.0 Å². The zero-order valence-electron chi connectivity index (χ0n) is 49.9. The predicted molar refractivity (Wildman–Crippen MR) is 328 cm³/mol. The number of rotatable bonds is 31. The van der Waals surface area contributed by atoms with Gasteiger partial charge in [0.05, 0.1) is 96.4 Å². The quantitative estimate of drug-likeness (QED) is 0.00554. The van der Waals surface area contributed by atoms with Crippen LogP contribution in [0, 0.1) is 5.41 Å². The molecule has 1 amide bonds. The van der Waals surface area contributed by atoms with Gasteiger partial charge in [-0.3, -0.25) is 28.7 Å². The molecule has 1 heterocycles. The second kappa shape index (κ2) is 38.1. The lowest BCUT2D eigenvalue weighted by Gasteiger charge is -2.20. The fourth-order valence-corrected chi connectivity index (χ4v) is 10.9. The van der Waals surface area contributed by atoms with E-state index in [4.69, 9.17) is 67.0 Å². The normalized spacial score (nSPS) is 11.7. The summed E-state index contributed by atoms with van der Waals surface area (Å²) in [5.74, 6) is -4.31. The number of anilines is 1. The number of ether oxygens (including phenoxy) is 5. The van der Waals surface area contributed by atoms with Gasteiger partial charge in [0, 0.05) is 23.1 Å². The summed E-state index contributed by atoms with van der Waals surface area (Å²) < 4.78 is 134. The van der Waals surface area contributed by atoms with Crippen LogP contribution < -0.4 is 21.1 Å². The number of nitrogens with zero attached hydrogens (tertiary/aromatic N) is 3. The van der Waals surface area contributed by atoms with Gasteiger partial charge in [-0.25, -0.2) is 4.79 Å². The molecular formula is C56H82Cl2N6O19S3. The van der Waals surface area contributed by atoms with Gasteiger partial charge in [0.2, 0.25) is 0 Å². The highest BCUT2D eigenvalue weighted by atomic mass is 35.5. The van der Waals surface area contributed by atoms with Crippen LogP contribution in [0.15, 0.2) is 73.7 Å². The highest BCUT2D eigenvalue weighted by Crippen LogP contribution is 2.46. The SMILES string of the molecule is CCN(CC)CC.CCN(CC)CC.CCN(CC)CC.N=c1ccc2c(-c3cccc(C(=O)NCCOCCOCCOCCOCCC(=O)Oc4c(Cl)cc(S(=O)(=O)O)cc4Cl)c3C(=O)O)c3ccc(N)c(S(=O)(=O)O)c3oc-2c1S(=O)(=O)O. The number of hydrogen-bond donors (Lipinski definition) is 7. The molecule has 0 radical (unpaired) electrons. The third-order valence-corrected chi connectivity index (χ3v) is 16.2. The molecule has 0 atom stereocenters. The van der Waals surface area contributed by atoms with E-state index in [0.717, 1.165) is 24.3 Å². The van der Waals surface area contributed by atoms with E-state index in [2.05, 4.69) is 82.3 Å². The zero-order valence-corrected chi connectivity index (χ0v) is 53.9. The van der Waals surface area contributed by atoms with Gasteiger partial charge in [0.25, 0.3) is 36.3 Å². The largest absolute Gasteiger partial charge is 0.478 e. The molecule has 1 aliphatic heterocycles. The fraction of sp³-hybridized carbons (Fsp3) is 0.500. The number of nitrogens with one attached hydrogen (secondary N) is 2. The summed E-state index contributed by atoms with van der Waals surface area (Å²) in [6.07, 6.45) is -0.197. The Morgan fingerprint density at radius 3 is 1.48 bits per heavy atom. The van der Waals surface area contributed by atoms with Crippen molar-refractivity contribution < 1.29 is 86.5 Å². The van der Waals surface area contributed by atoms with Crippen LogP contribution in [0.4, 0.5) is 5.69 Å². The van der Waals surface area contributed by atoms with Crippen molar-refractivity contribution in [3.05, 3.63) is 81.1 Å². The lowest BCUT2D eigenvalue weighted by molar-refractivity contribution is -0.135. The molecule has 2 aliphatic rings. The summed E-state index contributed by atoms with van der Waals surface area (Å²) in [6, 6.07) is 9.94. The minimum atomic E-state index is -5.24. The molecule has 1 aliphatic carbocycles. The van der Waals surface area contributed by atoms with Crippen molar-refractivity contribution in [3.63, 3.8) is 0 Å². The standard InChI is InChI=1S/C38H37Cl2N3O19S3.3C6H15N/c39-25-18-20(63(48,49)50)19-26(40)34(25)61-29(44)8-10-57-12-14-59-16-17-60-15-13-58-11-9-43-37(45)24-3-1-2-21(31(24)38(46)47)30-22-4-6-27(41)35(64(51,52)53)32(22)62-33-23(30)5-7-28(42)36(33)65(54,55)56;3*1-4-7(5-2)6-3/h1-7,18-19,41H,8-17,42H2,(H,43,45)(H,46,47)(H,48,49,50)(H,51,52,53)(H,54,55,56);3*4-6H2,1-3H3. The van der Waals surface area contributed by atoms with Gasteiger partial charge >= 0.3 is 11.9 Å². The maximum atomic E-state index is 13.4. The van der Waals surface area contributed by atoms with E-state index in [1.54, 1.807) is 0 Å².